The average Bonchev–Trinajstić information content (AvgIpc) is 3.11. The van der Waals surface area contributed by atoms with E-state index < -0.39 is 10.0 Å². The lowest BCUT2D eigenvalue weighted by atomic mass is 10.3. The van der Waals surface area contributed by atoms with Gasteiger partial charge in [0.15, 0.2) is 0 Å². The Labute approximate surface area is 144 Å². The fourth-order valence-corrected chi connectivity index (χ4v) is 4.17. The maximum absolute atomic E-state index is 12.3. The van der Waals surface area contributed by atoms with Crippen molar-refractivity contribution < 1.29 is 12.8 Å². The van der Waals surface area contributed by atoms with Crippen molar-refractivity contribution in [3.8, 4) is 0 Å². The molecular formula is C13H23Cl2N3O3S. The van der Waals surface area contributed by atoms with Gasteiger partial charge in [-0.25, -0.2) is 8.42 Å². The van der Waals surface area contributed by atoms with Gasteiger partial charge in [-0.05, 0) is 25.0 Å². The summed E-state index contributed by atoms with van der Waals surface area (Å²) in [5, 5.41) is 3.38. The zero-order chi connectivity index (χ0) is 14.0. The van der Waals surface area contributed by atoms with Crippen LogP contribution in [0.1, 0.15) is 18.6 Å². The first kappa shape index (κ1) is 19.7. The van der Waals surface area contributed by atoms with Crippen LogP contribution in [0.5, 0.6) is 0 Å². The lowest BCUT2D eigenvalue weighted by Gasteiger charge is -2.26. The maximum atomic E-state index is 12.3. The van der Waals surface area contributed by atoms with Gasteiger partial charge in [-0.2, -0.15) is 4.31 Å². The molecular weight excluding hydrogens is 349 g/mol. The summed E-state index contributed by atoms with van der Waals surface area (Å²) in [4.78, 5) is 2.27. The van der Waals surface area contributed by atoms with Gasteiger partial charge in [0, 0.05) is 39.3 Å². The summed E-state index contributed by atoms with van der Waals surface area (Å²) in [6.45, 7) is 5.77. The molecule has 0 bridgehead atoms. The van der Waals surface area contributed by atoms with Crippen molar-refractivity contribution in [1.29, 1.82) is 0 Å². The van der Waals surface area contributed by atoms with E-state index in [0.717, 1.165) is 44.8 Å². The standard InChI is InChI=1S/C13H21N3O3S.2ClH/c17-20(18,16-7-1-2-8-16)13-4-3-12(19-13)11-15-9-5-14-6-10-15;;/h3-4,14H,1-2,5-11H2;2*1H. The van der Waals surface area contributed by atoms with E-state index in [4.69, 9.17) is 4.42 Å². The largest absolute Gasteiger partial charge is 0.447 e. The third-order valence-corrected chi connectivity index (χ3v) is 5.66. The molecule has 0 amide bonds. The molecule has 3 rings (SSSR count). The van der Waals surface area contributed by atoms with Crippen molar-refractivity contribution in [2.75, 3.05) is 39.3 Å². The molecule has 1 aromatic heterocycles. The first-order valence-corrected chi connectivity index (χ1v) is 8.62. The molecule has 22 heavy (non-hydrogen) atoms. The van der Waals surface area contributed by atoms with Crippen LogP contribution in [0, 0.1) is 0 Å². The van der Waals surface area contributed by atoms with Crippen LogP contribution in [0.3, 0.4) is 0 Å². The normalized spacial score (nSPS) is 20.4. The Morgan fingerprint density at radius 2 is 1.68 bits per heavy atom. The van der Waals surface area contributed by atoms with Gasteiger partial charge >= 0.3 is 0 Å². The first-order chi connectivity index (χ1) is 9.66. The second-order valence-corrected chi connectivity index (χ2v) is 7.23. The molecule has 1 N–H and O–H groups in total. The lowest BCUT2D eigenvalue weighted by Crippen LogP contribution is -2.42. The minimum absolute atomic E-state index is 0. The number of sulfonamides is 1. The fourth-order valence-electron chi connectivity index (χ4n) is 2.73. The van der Waals surface area contributed by atoms with Gasteiger partial charge in [-0.1, -0.05) is 0 Å². The molecule has 128 valence electrons. The average molecular weight is 372 g/mol. The number of hydrogen-bond acceptors (Lipinski definition) is 5. The van der Waals surface area contributed by atoms with Gasteiger partial charge in [-0.15, -0.1) is 24.8 Å². The minimum Gasteiger partial charge on any atom is -0.447 e. The van der Waals surface area contributed by atoms with Crippen molar-refractivity contribution in [2.45, 2.75) is 24.5 Å². The van der Waals surface area contributed by atoms with E-state index in [9.17, 15) is 8.42 Å². The maximum Gasteiger partial charge on any atom is 0.276 e. The molecule has 0 spiro atoms. The summed E-state index contributed by atoms with van der Waals surface area (Å²) >= 11 is 0. The summed E-state index contributed by atoms with van der Waals surface area (Å²) in [7, 11) is -3.42. The molecule has 2 saturated heterocycles. The quantitative estimate of drug-likeness (QED) is 0.864. The van der Waals surface area contributed by atoms with Crippen molar-refractivity contribution in [3.63, 3.8) is 0 Å². The number of furan rings is 1. The van der Waals surface area contributed by atoms with E-state index in [2.05, 4.69) is 10.2 Å². The Balaban J connectivity index is 0.00000121. The predicted molar refractivity (Wildman–Crippen MR) is 89.3 cm³/mol. The zero-order valence-electron chi connectivity index (χ0n) is 12.4. The Hall–Kier alpha value is -0.310. The molecule has 2 aliphatic heterocycles. The number of hydrogen-bond donors (Lipinski definition) is 1. The predicted octanol–water partition coefficient (Wildman–Crippen LogP) is 1.31. The van der Waals surface area contributed by atoms with Crippen molar-refractivity contribution >= 4 is 34.8 Å². The molecule has 0 atom stereocenters. The van der Waals surface area contributed by atoms with Gasteiger partial charge in [0.1, 0.15) is 5.76 Å². The number of nitrogens with zero attached hydrogens (tertiary/aromatic N) is 2. The van der Waals surface area contributed by atoms with E-state index in [1.54, 1.807) is 12.1 Å². The summed E-state index contributed by atoms with van der Waals surface area (Å²) in [6, 6.07) is 3.37. The monoisotopic (exact) mass is 371 g/mol. The Kier molecular flexibility index (Phi) is 7.64. The van der Waals surface area contributed by atoms with Crippen LogP contribution >= 0.6 is 24.8 Å². The molecule has 2 fully saturated rings. The Morgan fingerprint density at radius 3 is 2.32 bits per heavy atom. The van der Waals surface area contributed by atoms with E-state index in [0.29, 0.717) is 19.6 Å². The van der Waals surface area contributed by atoms with Crippen LogP contribution in [0.25, 0.3) is 0 Å². The van der Waals surface area contributed by atoms with Crippen LogP contribution in [-0.2, 0) is 16.6 Å². The van der Waals surface area contributed by atoms with Crippen LogP contribution in [0.15, 0.2) is 21.6 Å². The number of rotatable bonds is 4. The van der Waals surface area contributed by atoms with Gasteiger partial charge in [-0.3, -0.25) is 4.90 Å². The summed E-state index contributed by atoms with van der Waals surface area (Å²) in [6.07, 6.45) is 1.88. The number of halogens is 2. The highest BCUT2D eigenvalue weighted by Crippen LogP contribution is 2.23. The molecule has 0 saturated carbocycles. The third-order valence-electron chi connectivity index (χ3n) is 3.89. The summed E-state index contributed by atoms with van der Waals surface area (Å²) in [5.41, 5.74) is 0. The highest BCUT2D eigenvalue weighted by molar-refractivity contribution is 7.89. The van der Waals surface area contributed by atoms with Crippen LogP contribution < -0.4 is 5.32 Å². The van der Waals surface area contributed by atoms with E-state index >= 15 is 0 Å². The van der Waals surface area contributed by atoms with Crippen LogP contribution in [0.2, 0.25) is 0 Å². The first-order valence-electron chi connectivity index (χ1n) is 7.18. The molecule has 9 heteroatoms. The van der Waals surface area contributed by atoms with Gasteiger partial charge in [0.05, 0.1) is 6.54 Å². The molecule has 0 aliphatic carbocycles. The molecule has 0 aromatic carbocycles. The second-order valence-electron chi connectivity index (χ2n) is 5.36. The topological polar surface area (TPSA) is 65.8 Å². The van der Waals surface area contributed by atoms with Crippen LogP contribution in [-0.4, -0.2) is 56.9 Å². The van der Waals surface area contributed by atoms with Gasteiger partial charge < -0.3 is 9.73 Å². The molecule has 6 nitrogen and oxygen atoms in total. The highest BCUT2D eigenvalue weighted by Gasteiger charge is 2.30. The smallest absolute Gasteiger partial charge is 0.276 e. The van der Waals surface area contributed by atoms with Gasteiger partial charge in [0.2, 0.25) is 5.09 Å². The molecule has 3 heterocycles. The number of nitrogens with one attached hydrogen (secondary N) is 1. The van der Waals surface area contributed by atoms with E-state index in [-0.39, 0.29) is 29.9 Å². The molecule has 0 radical (unpaired) electrons. The minimum atomic E-state index is -3.42. The van der Waals surface area contributed by atoms with E-state index in [1.807, 2.05) is 0 Å². The SMILES string of the molecule is Cl.Cl.O=S(=O)(c1ccc(CN2CCNCC2)o1)N1CCCC1. The van der Waals surface area contributed by atoms with E-state index in [1.165, 1.54) is 4.31 Å². The fraction of sp³-hybridized carbons (Fsp3) is 0.692. The Morgan fingerprint density at radius 1 is 1.05 bits per heavy atom. The summed E-state index contributed by atoms with van der Waals surface area (Å²) in [5.74, 6) is 0.727. The lowest BCUT2D eigenvalue weighted by molar-refractivity contribution is 0.210. The molecule has 0 unspecified atom stereocenters. The summed E-state index contributed by atoms with van der Waals surface area (Å²) < 4.78 is 31.8. The van der Waals surface area contributed by atoms with Gasteiger partial charge in [0.25, 0.3) is 10.0 Å². The zero-order valence-corrected chi connectivity index (χ0v) is 14.8. The molecule has 1 aromatic rings. The second kappa shape index (κ2) is 8.52. The highest BCUT2D eigenvalue weighted by atomic mass is 35.5. The van der Waals surface area contributed by atoms with Crippen molar-refractivity contribution in [2.24, 2.45) is 0 Å². The molecule has 2 aliphatic rings. The van der Waals surface area contributed by atoms with Crippen LogP contribution in [0.4, 0.5) is 0 Å². The number of piperazine rings is 1. The van der Waals surface area contributed by atoms with Crippen molar-refractivity contribution in [3.05, 3.63) is 17.9 Å². The third kappa shape index (κ3) is 4.37. The Bertz CT molecular complexity index is 553. The van der Waals surface area contributed by atoms with Crippen molar-refractivity contribution in [1.82, 2.24) is 14.5 Å².